The molecule has 2 aromatic carbocycles. The van der Waals surface area contributed by atoms with E-state index in [-0.39, 0.29) is 6.10 Å². The van der Waals surface area contributed by atoms with Gasteiger partial charge >= 0.3 is 0 Å². The largest absolute Gasteiger partial charge is 0.489 e. The van der Waals surface area contributed by atoms with Crippen LogP contribution in [0.3, 0.4) is 0 Å². The maximum absolute atomic E-state index is 5.96. The summed E-state index contributed by atoms with van der Waals surface area (Å²) in [6.07, 6.45) is 1.25. The van der Waals surface area contributed by atoms with E-state index in [0.717, 1.165) is 28.5 Å². The number of nitrogen functional groups attached to an aromatic ring is 1. The molecule has 1 aliphatic heterocycles. The lowest BCUT2D eigenvalue weighted by Crippen LogP contribution is -2.15. The molecule has 2 N–H and O–H groups in total. The molecule has 0 spiro atoms. The van der Waals surface area contributed by atoms with Crippen molar-refractivity contribution in [1.82, 2.24) is 0 Å². The van der Waals surface area contributed by atoms with Crippen LogP contribution < -0.4 is 10.5 Å². The third kappa shape index (κ3) is 2.71. The van der Waals surface area contributed by atoms with Gasteiger partial charge in [0.1, 0.15) is 11.9 Å². The lowest BCUT2D eigenvalue weighted by Gasteiger charge is -2.11. The highest BCUT2D eigenvalue weighted by Crippen LogP contribution is 2.33. The summed E-state index contributed by atoms with van der Waals surface area (Å²) in [6, 6.07) is 14.4. The first kappa shape index (κ1) is 12.4. The van der Waals surface area contributed by atoms with E-state index in [1.54, 1.807) is 11.8 Å². The van der Waals surface area contributed by atoms with Gasteiger partial charge in [-0.1, -0.05) is 29.8 Å². The van der Waals surface area contributed by atoms with Crippen LogP contribution in [-0.4, -0.2) is 11.9 Å². The molecule has 0 saturated heterocycles. The molecule has 19 heavy (non-hydrogen) atoms. The molecule has 0 fully saturated rings. The molecule has 0 saturated carbocycles. The van der Waals surface area contributed by atoms with Crippen molar-refractivity contribution in [3.8, 4) is 5.75 Å². The van der Waals surface area contributed by atoms with Gasteiger partial charge in [0, 0.05) is 22.8 Å². The zero-order chi connectivity index (χ0) is 13.2. The van der Waals surface area contributed by atoms with E-state index in [0.29, 0.717) is 0 Å². The molecule has 0 aromatic heterocycles. The molecular weight excluding hydrogens is 254 g/mol. The van der Waals surface area contributed by atoms with Gasteiger partial charge < -0.3 is 10.5 Å². The van der Waals surface area contributed by atoms with Crippen molar-refractivity contribution in [2.24, 2.45) is 0 Å². The molecule has 1 aliphatic rings. The summed E-state index contributed by atoms with van der Waals surface area (Å²) < 4.78 is 5.96. The number of nitrogens with two attached hydrogens (primary N) is 1. The number of ether oxygens (including phenoxy) is 1. The molecule has 3 rings (SSSR count). The zero-order valence-electron chi connectivity index (χ0n) is 10.9. The van der Waals surface area contributed by atoms with E-state index in [9.17, 15) is 0 Å². The molecule has 0 amide bonds. The topological polar surface area (TPSA) is 35.2 Å². The minimum absolute atomic E-state index is 0.251. The van der Waals surface area contributed by atoms with E-state index >= 15 is 0 Å². The van der Waals surface area contributed by atoms with Crippen LogP contribution in [0.4, 0.5) is 5.69 Å². The van der Waals surface area contributed by atoms with Crippen molar-refractivity contribution in [1.29, 1.82) is 0 Å². The number of rotatable bonds is 3. The van der Waals surface area contributed by atoms with Crippen molar-refractivity contribution < 1.29 is 4.74 Å². The minimum Gasteiger partial charge on any atom is -0.489 e. The second kappa shape index (κ2) is 5.17. The van der Waals surface area contributed by atoms with Crippen molar-refractivity contribution in [2.45, 2.75) is 24.3 Å². The lowest BCUT2D eigenvalue weighted by molar-refractivity contribution is 0.259. The standard InChI is InChI=1S/C16H17NOS/c1-11-6-7-15-12(8-11)9-13(18-15)10-19-16-5-3-2-4-14(16)17/h2-8,13H,9-10,17H2,1H3. The van der Waals surface area contributed by atoms with E-state index in [1.807, 2.05) is 18.2 Å². The van der Waals surface area contributed by atoms with Crippen LogP contribution in [0, 0.1) is 6.92 Å². The normalized spacial score (nSPS) is 17.0. The summed E-state index contributed by atoms with van der Waals surface area (Å²) in [5.41, 5.74) is 9.41. The molecule has 1 unspecified atom stereocenters. The molecule has 1 heterocycles. The third-order valence-corrected chi connectivity index (χ3v) is 4.52. The van der Waals surface area contributed by atoms with Crippen molar-refractivity contribution in [2.75, 3.05) is 11.5 Å². The van der Waals surface area contributed by atoms with Crippen LogP contribution in [-0.2, 0) is 6.42 Å². The fraction of sp³-hybridized carbons (Fsp3) is 0.250. The summed E-state index contributed by atoms with van der Waals surface area (Å²) in [7, 11) is 0. The van der Waals surface area contributed by atoms with Crippen LogP contribution in [0.5, 0.6) is 5.75 Å². The summed E-state index contributed by atoms with van der Waals surface area (Å²) >= 11 is 1.77. The maximum Gasteiger partial charge on any atom is 0.123 e. The number of para-hydroxylation sites is 1. The Morgan fingerprint density at radius 1 is 1.26 bits per heavy atom. The Morgan fingerprint density at radius 2 is 2.11 bits per heavy atom. The van der Waals surface area contributed by atoms with Gasteiger partial charge in [-0.2, -0.15) is 0 Å². The number of aryl methyl sites for hydroxylation is 1. The first-order chi connectivity index (χ1) is 9.22. The predicted molar refractivity (Wildman–Crippen MR) is 80.9 cm³/mol. The molecule has 2 aromatic rings. The average Bonchev–Trinajstić information content (AvgIpc) is 2.79. The Morgan fingerprint density at radius 3 is 2.95 bits per heavy atom. The zero-order valence-corrected chi connectivity index (χ0v) is 11.7. The van der Waals surface area contributed by atoms with Gasteiger partial charge in [-0.25, -0.2) is 0 Å². The number of fused-ring (bicyclic) bond motifs is 1. The van der Waals surface area contributed by atoms with Crippen molar-refractivity contribution in [3.63, 3.8) is 0 Å². The quantitative estimate of drug-likeness (QED) is 0.683. The Labute approximate surface area is 118 Å². The Bertz CT molecular complexity index is 597. The predicted octanol–water partition coefficient (Wildman–Crippen LogP) is 3.67. The summed E-state index contributed by atoms with van der Waals surface area (Å²) in [5.74, 6) is 1.97. The SMILES string of the molecule is Cc1ccc2c(c1)CC(CSc1ccccc1N)O2. The van der Waals surface area contributed by atoms with Crippen LogP contribution >= 0.6 is 11.8 Å². The first-order valence-corrected chi connectivity index (χ1v) is 7.44. The average molecular weight is 271 g/mol. The molecule has 3 heteroatoms. The van der Waals surface area contributed by atoms with Gasteiger partial charge in [0.25, 0.3) is 0 Å². The molecule has 1 atom stereocenters. The lowest BCUT2D eigenvalue weighted by atomic mass is 10.1. The van der Waals surface area contributed by atoms with Gasteiger partial charge in [-0.15, -0.1) is 11.8 Å². The van der Waals surface area contributed by atoms with Crippen LogP contribution in [0.15, 0.2) is 47.4 Å². The van der Waals surface area contributed by atoms with E-state index in [1.165, 1.54) is 11.1 Å². The first-order valence-electron chi connectivity index (χ1n) is 6.46. The van der Waals surface area contributed by atoms with Gasteiger partial charge in [-0.05, 0) is 30.7 Å². The van der Waals surface area contributed by atoms with E-state index < -0.39 is 0 Å². The number of benzene rings is 2. The fourth-order valence-electron chi connectivity index (χ4n) is 2.34. The highest BCUT2D eigenvalue weighted by molar-refractivity contribution is 7.99. The van der Waals surface area contributed by atoms with Gasteiger partial charge in [0.05, 0.1) is 0 Å². The number of hydrogen-bond acceptors (Lipinski definition) is 3. The summed E-state index contributed by atoms with van der Waals surface area (Å²) in [4.78, 5) is 1.14. The van der Waals surface area contributed by atoms with Gasteiger partial charge in [-0.3, -0.25) is 0 Å². The fourth-order valence-corrected chi connectivity index (χ4v) is 3.30. The minimum atomic E-state index is 0.251. The molecule has 98 valence electrons. The number of anilines is 1. The Kier molecular flexibility index (Phi) is 3.38. The van der Waals surface area contributed by atoms with E-state index in [4.69, 9.17) is 10.5 Å². The van der Waals surface area contributed by atoms with Gasteiger partial charge in [0.2, 0.25) is 0 Å². The second-order valence-corrected chi connectivity index (χ2v) is 5.97. The van der Waals surface area contributed by atoms with Gasteiger partial charge in [0.15, 0.2) is 0 Å². The van der Waals surface area contributed by atoms with Crippen LogP contribution in [0.2, 0.25) is 0 Å². The monoisotopic (exact) mass is 271 g/mol. The maximum atomic E-state index is 5.96. The molecule has 0 bridgehead atoms. The van der Waals surface area contributed by atoms with Crippen molar-refractivity contribution >= 4 is 17.4 Å². The second-order valence-electron chi connectivity index (χ2n) is 4.90. The molecule has 0 aliphatic carbocycles. The molecule has 2 nitrogen and oxygen atoms in total. The highest BCUT2D eigenvalue weighted by Gasteiger charge is 2.22. The van der Waals surface area contributed by atoms with Crippen LogP contribution in [0.25, 0.3) is 0 Å². The molecule has 0 radical (unpaired) electrons. The van der Waals surface area contributed by atoms with Crippen LogP contribution in [0.1, 0.15) is 11.1 Å². The Hall–Kier alpha value is -1.61. The number of thioether (sulfide) groups is 1. The highest BCUT2D eigenvalue weighted by atomic mass is 32.2. The van der Waals surface area contributed by atoms with E-state index in [2.05, 4.69) is 31.2 Å². The van der Waals surface area contributed by atoms with Crippen molar-refractivity contribution in [3.05, 3.63) is 53.6 Å². The smallest absolute Gasteiger partial charge is 0.123 e. The third-order valence-electron chi connectivity index (χ3n) is 3.30. The number of hydrogen-bond donors (Lipinski definition) is 1. The summed E-state index contributed by atoms with van der Waals surface area (Å²) in [5, 5.41) is 0. The molecular formula is C16H17NOS. The Balaban J connectivity index is 1.63. The summed E-state index contributed by atoms with van der Waals surface area (Å²) in [6.45, 7) is 2.12.